The fourth-order valence-corrected chi connectivity index (χ4v) is 4.18. The van der Waals surface area contributed by atoms with Crippen LogP contribution in [0.1, 0.15) is 23.0 Å². The Labute approximate surface area is 195 Å². The summed E-state index contributed by atoms with van der Waals surface area (Å²) in [6.45, 7) is 4.06. The second-order valence-electron chi connectivity index (χ2n) is 7.60. The highest BCUT2D eigenvalue weighted by molar-refractivity contribution is 7.13. The molecule has 0 bridgehead atoms. The number of rotatable bonds is 6. The lowest BCUT2D eigenvalue weighted by atomic mass is 10.1. The van der Waals surface area contributed by atoms with Crippen molar-refractivity contribution in [1.82, 2.24) is 14.9 Å². The molecule has 3 aromatic rings. The van der Waals surface area contributed by atoms with E-state index in [2.05, 4.69) is 25.5 Å². The molecule has 0 atom stereocenters. The summed E-state index contributed by atoms with van der Waals surface area (Å²) in [5, 5.41) is 7.80. The molecule has 1 aromatic carbocycles. The van der Waals surface area contributed by atoms with Crippen molar-refractivity contribution in [3.63, 3.8) is 0 Å². The number of carbonyl (C=O) groups is 3. The van der Waals surface area contributed by atoms with Crippen LogP contribution < -0.4 is 15.5 Å². The van der Waals surface area contributed by atoms with E-state index in [9.17, 15) is 14.4 Å². The van der Waals surface area contributed by atoms with Gasteiger partial charge in [0, 0.05) is 49.0 Å². The minimum atomic E-state index is -0.246. The van der Waals surface area contributed by atoms with Crippen LogP contribution in [0.2, 0.25) is 0 Å². The number of nitrogens with one attached hydrogen (secondary N) is 2. The van der Waals surface area contributed by atoms with Crippen molar-refractivity contribution >= 4 is 45.7 Å². The normalized spacial score (nSPS) is 13.5. The lowest BCUT2D eigenvalue weighted by Gasteiger charge is -2.35. The summed E-state index contributed by atoms with van der Waals surface area (Å²) in [6.07, 6.45) is 1.83. The summed E-state index contributed by atoms with van der Waals surface area (Å²) >= 11 is 1.28. The number of hydrogen-bond donors (Lipinski definition) is 2. The topological polar surface area (TPSA) is 108 Å². The Bertz CT molecular complexity index is 1140. The van der Waals surface area contributed by atoms with Crippen LogP contribution in [0.15, 0.2) is 54.0 Å². The van der Waals surface area contributed by atoms with Crippen molar-refractivity contribution in [2.45, 2.75) is 13.3 Å². The lowest BCUT2D eigenvalue weighted by molar-refractivity contribution is -0.115. The summed E-state index contributed by atoms with van der Waals surface area (Å²) < 4.78 is 0. The molecule has 10 heteroatoms. The van der Waals surface area contributed by atoms with E-state index in [-0.39, 0.29) is 24.1 Å². The van der Waals surface area contributed by atoms with E-state index in [0.717, 1.165) is 5.82 Å². The van der Waals surface area contributed by atoms with Crippen LogP contribution >= 0.6 is 11.3 Å². The van der Waals surface area contributed by atoms with E-state index >= 15 is 0 Å². The van der Waals surface area contributed by atoms with Crippen LogP contribution in [0.3, 0.4) is 0 Å². The van der Waals surface area contributed by atoms with E-state index in [0.29, 0.717) is 48.3 Å². The SMILES string of the molecule is CC(=O)c1cccc(NC(=O)Cc2csc(NC(=O)N3CCN(c4ccccn4)CC3)n2)c1. The van der Waals surface area contributed by atoms with Gasteiger partial charge in [-0.15, -0.1) is 11.3 Å². The Morgan fingerprint density at radius 2 is 1.85 bits per heavy atom. The molecule has 0 aliphatic carbocycles. The zero-order valence-corrected chi connectivity index (χ0v) is 19.0. The van der Waals surface area contributed by atoms with Crippen molar-refractivity contribution < 1.29 is 14.4 Å². The van der Waals surface area contributed by atoms with Gasteiger partial charge in [0.25, 0.3) is 0 Å². The number of piperazine rings is 1. The first-order valence-corrected chi connectivity index (χ1v) is 11.4. The Morgan fingerprint density at radius 1 is 1.03 bits per heavy atom. The number of aromatic nitrogens is 2. The van der Waals surface area contributed by atoms with E-state index < -0.39 is 0 Å². The van der Waals surface area contributed by atoms with Gasteiger partial charge in [-0.05, 0) is 31.2 Å². The highest BCUT2D eigenvalue weighted by atomic mass is 32.1. The molecule has 2 N–H and O–H groups in total. The molecule has 4 rings (SSSR count). The predicted molar refractivity (Wildman–Crippen MR) is 128 cm³/mol. The molecule has 1 fully saturated rings. The van der Waals surface area contributed by atoms with Crippen molar-refractivity contribution in [2.75, 3.05) is 41.7 Å². The van der Waals surface area contributed by atoms with Gasteiger partial charge in [0.05, 0.1) is 12.1 Å². The van der Waals surface area contributed by atoms with Gasteiger partial charge < -0.3 is 15.1 Å². The van der Waals surface area contributed by atoms with Gasteiger partial charge in [0.15, 0.2) is 10.9 Å². The van der Waals surface area contributed by atoms with E-state index in [4.69, 9.17) is 0 Å². The molecule has 170 valence electrons. The second kappa shape index (κ2) is 10.2. The maximum Gasteiger partial charge on any atom is 0.323 e. The molecule has 0 spiro atoms. The predicted octanol–water partition coefficient (Wildman–Crippen LogP) is 3.28. The molecule has 0 radical (unpaired) electrons. The van der Waals surface area contributed by atoms with Crippen molar-refractivity contribution in [2.24, 2.45) is 0 Å². The van der Waals surface area contributed by atoms with Crippen LogP contribution in [0, 0.1) is 0 Å². The third-order valence-corrected chi connectivity index (χ3v) is 6.01. The number of pyridine rings is 1. The first-order chi connectivity index (χ1) is 16.0. The number of amides is 3. The maximum absolute atomic E-state index is 12.6. The zero-order valence-electron chi connectivity index (χ0n) is 18.2. The number of hydrogen-bond acceptors (Lipinski definition) is 7. The molecule has 1 aliphatic heterocycles. The van der Waals surface area contributed by atoms with Crippen molar-refractivity contribution in [3.8, 4) is 0 Å². The van der Waals surface area contributed by atoms with E-state index in [1.165, 1.54) is 18.3 Å². The number of benzene rings is 1. The minimum Gasteiger partial charge on any atom is -0.353 e. The third kappa shape index (κ3) is 5.92. The molecular formula is C23H24N6O3S. The maximum atomic E-state index is 12.6. The van der Waals surface area contributed by atoms with Crippen molar-refractivity contribution in [1.29, 1.82) is 0 Å². The monoisotopic (exact) mass is 464 g/mol. The fourth-order valence-electron chi connectivity index (χ4n) is 3.48. The molecule has 1 saturated heterocycles. The van der Waals surface area contributed by atoms with E-state index in [1.54, 1.807) is 40.7 Å². The number of carbonyl (C=O) groups excluding carboxylic acids is 3. The zero-order chi connectivity index (χ0) is 23.2. The van der Waals surface area contributed by atoms with Gasteiger partial charge in [-0.1, -0.05) is 18.2 Å². The number of ketones is 1. The Balaban J connectivity index is 1.26. The van der Waals surface area contributed by atoms with Crippen LogP contribution in [-0.4, -0.2) is 58.8 Å². The molecule has 0 saturated carbocycles. The summed E-state index contributed by atoms with van der Waals surface area (Å²) in [5.41, 5.74) is 1.66. The van der Waals surface area contributed by atoms with Gasteiger partial charge in [-0.25, -0.2) is 14.8 Å². The molecular weight excluding hydrogens is 440 g/mol. The highest BCUT2D eigenvalue weighted by Gasteiger charge is 2.22. The highest BCUT2D eigenvalue weighted by Crippen LogP contribution is 2.19. The van der Waals surface area contributed by atoms with Crippen LogP contribution in [0.4, 0.5) is 21.4 Å². The largest absolute Gasteiger partial charge is 0.353 e. The number of anilines is 3. The third-order valence-electron chi connectivity index (χ3n) is 5.20. The smallest absolute Gasteiger partial charge is 0.323 e. The van der Waals surface area contributed by atoms with Gasteiger partial charge in [0.1, 0.15) is 5.82 Å². The first kappa shape index (κ1) is 22.4. The number of Topliss-reactive ketones (excluding diaryl/α,β-unsaturated/α-hetero) is 1. The van der Waals surface area contributed by atoms with Crippen molar-refractivity contribution in [3.05, 3.63) is 65.3 Å². The molecule has 1 aliphatic rings. The number of thiazole rings is 1. The second-order valence-corrected chi connectivity index (χ2v) is 8.46. The average Bonchev–Trinajstić information content (AvgIpc) is 3.26. The van der Waals surface area contributed by atoms with Gasteiger partial charge >= 0.3 is 6.03 Å². The Morgan fingerprint density at radius 3 is 2.58 bits per heavy atom. The summed E-state index contributed by atoms with van der Waals surface area (Å²) in [5.74, 6) is 0.599. The van der Waals surface area contributed by atoms with E-state index in [1.807, 2.05) is 18.2 Å². The summed E-state index contributed by atoms with van der Waals surface area (Å²) in [4.78, 5) is 49.1. The summed E-state index contributed by atoms with van der Waals surface area (Å²) in [7, 11) is 0. The Kier molecular flexibility index (Phi) is 6.94. The lowest BCUT2D eigenvalue weighted by Crippen LogP contribution is -2.50. The van der Waals surface area contributed by atoms with Gasteiger partial charge in [-0.3, -0.25) is 14.9 Å². The summed E-state index contributed by atoms with van der Waals surface area (Å²) in [6, 6.07) is 12.4. The van der Waals surface area contributed by atoms with Crippen LogP contribution in [0.5, 0.6) is 0 Å². The number of nitrogens with zero attached hydrogens (tertiary/aromatic N) is 4. The van der Waals surface area contributed by atoms with Gasteiger partial charge in [-0.2, -0.15) is 0 Å². The molecule has 3 heterocycles. The molecule has 3 amide bonds. The molecule has 2 aromatic heterocycles. The molecule has 9 nitrogen and oxygen atoms in total. The quantitative estimate of drug-likeness (QED) is 0.542. The van der Waals surface area contributed by atoms with Crippen LogP contribution in [-0.2, 0) is 11.2 Å². The Hall–Kier alpha value is -3.79. The fraction of sp³-hybridized carbons (Fsp3) is 0.261. The number of urea groups is 1. The standard InChI is InChI=1S/C23H24N6O3S/c1-16(30)17-5-4-6-18(13-17)25-21(31)14-19-15-33-22(26-19)27-23(32)29-11-9-28(10-12-29)20-7-2-3-8-24-20/h2-8,13,15H,9-12,14H2,1H3,(H,25,31)(H,26,27,32). The molecule has 33 heavy (non-hydrogen) atoms. The van der Waals surface area contributed by atoms with Gasteiger partial charge in [0.2, 0.25) is 5.91 Å². The minimum absolute atomic E-state index is 0.0656. The average molecular weight is 465 g/mol. The van der Waals surface area contributed by atoms with Crippen LogP contribution in [0.25, 0.3) is 0 Å². The first-order valence-electron chi connectivity index (χ1n) is 10.5. The molecule has 0 unspecified atom stereocenters.